The van der Waals surface area contributed by atoms with Gasteiger partial charge in [0.15, 0.2) is 0 Å². The number of hydrogen-bond acceptors (Lipinski definition) is 1. The molecule has 1 N–H and O–H groups in total. The predicted octanol–water partition coefficient (Wildman–Crippen LogP) is 4.36. The molecule has 2 aromatic carbocycles. The topological polar surface area (TPSA) is 12.0 Å². The van der Waals surface area contributed by atoms with Gasteiger partial charge in [-0.2, -0.15) is 0 Å². The second-order valence-corrected chi connectivity index (χ2v) is 4.68. The fourth-order valence-electron chi connectivity index (χ4n) is 1.90. The average molecular weight is 243 g/mol. The Hall–Kier alpha value is -1.83. The molecule has 0 spiro atoms. The highest BCUT2D eigenvalue weighted by molar-refractivity contribution is 5.46. The molecule has 0 bridgehead atoms. The molecule has 0 atom stereocenters. The van der Waals surface area contributed by atoms with Crippen molar-refractivity contribution in [2.24, 2.45) is 0 Å². The molecule has 0 heterocycles. The number of benzene rings is 2. The van der Waals surface area contributed by atoms with Crippen LogP contribution in [0.4, 0.5) is 10.1 Å². The molecule has 18 heavy (non-hydrogen) atoms. The van der Waals surface area contributed by atoms with Gasteiger partial charge in [0, 0.05) is 12.2 Å². The van der Waals surface area contributed by atoms with Crippen LogP contribution in [0.15, 0.2) is 36.4 Å². The number of rotatable bonds is 3. The Morgan fingerprint density at radius 1 is 1.00 bits per heavy atom. The van der Waals surface area contributed by atoms with E-state index in [0.29, 0.717) is 5.56 Å². The van der Waals surface area contributed by atoms with Crippen LogP contribution in [0, 0.1) is 26.6 Å². The molecule has 0 saturated carbocycles. The van der Waals surface area contributed by atoms with Gasteiger partial charge in [-0.05, 0) is 55.2 Å². The number of anilines is 1. The van der Waals surface area contributed by atoms with E-state index in [1.807, 2.05) is 6.07 Å². The Bertz CT molecular complexity index is 561. The Morgan fingerprint density at radius 3 is 2.50 bits per heavy atom. The van der Waals surface area contributed by atoms with Crippen molar-refractivity contribution in [2.75, 3.05) is 5.32 Å². The number of hydrogen-bond donors (Lipinski definition) is 1. The van der Waals surface area contributed by atoms with Gasteiger partial charge in [-0.15, -0.1) is 0 Å². The molecular formula is C16H18FN. The highest BCUT2D eigenvalue weighted by Gasteiger charge is 2.02. The van der Waals surface area contributed by atoms with Crippen molar-refractivity contribution in [1.82, 2.24) is 0 Å². The fourth-order valence-corrected chi connectivity index (χ4v) is 1.90. The van der Waals surface area contributed by atoms with Crippen LogP contribution in [-0.4, -0.2) is 0 Å². The van der Waals surface area contributed by atoms with E-state index in [0.717, 1.165) is 12.2 Å². The van der Waals surface area contributed by atoms with Gasteiger partial charge in [-0.25, -0.2) is 4.39 Å². The third kappa shape index (κ3) is 2.70. The summed E-state index contributed by atoms with van der Waals surface area (Å²) in [4.78, 5) is 0. The van der Waals surface area contributed by atoms with E-state index in [9.17, 15) is 4.39 Å². The SMILES string of the molecule is Cc1ccc(NCc2cccc(C)c2C)cc1F. The smallest absolute Gasteiger partial charge is 0.128 e. The summed E-state index contributed by atoms with van der Waals surface area (Å²) in [6.45, 7) is 6.70. The Morgan fingerprint density at radius 2 is 1.78 bits per heavy atom. The van der Waals surface area contributed by atoms with Crippen molar-refractivity contribution >= 4 is 5.69 Å². The van der Waals surface area contributed by atoms with E-state index in [2.05, 4.69) is 37.4 Å². The van der Waals surface area contributed by atoms with E-state index in [-0.39, 0.29) is 5.82 Å². The Labute approximate surface area is 108 Å². The van der Waals surface area contributed by atoms with Gasteiger partial charge in [0.25, 0.3) is 0 Å². The molecule has 0 aromatic heterocycles. The molecule has 94 valence electrons. The van der Waals surface area contributed by atoms with Gasteiger partial charge in [0.2, 0.25) is 0 Å². The first-order valence-electron chi connectivity index (χ1n) is 6.13. The molecule has 1 nitrogen and oxygen atoms in total. The van der Waals surface area contributed by atoms with Crippen molar-refractivity contribution in [3.63, 3.8) is 0 Å². The highest BCUT2D eigenvalue weighted by Crippen LogP contribution is 2.17. The minimum Gasteiger partial charge on any atom is -0.381 e. The lowest BCUT2D eigenvalue weighted by Gasteiger charge is -2.11. The zero-order valence-electron chi connectivity index (χ0n) is 11.0. The number of nitrogens with one attached hydrogen (secondary N) is 1. The maximum absolute atomic E-state index is 13.4. The predicted molar refractivity (Wildman–Crippen MR) is 74.4 cm³/mol. The van der Waals surface area contributed by atoms with Crippen molar-refractivity contribution in [3.05, 3.63) is 64.5 Å². The van der Waals surface area contributed by atoms with Crippen LogP contribution in [0.1, 0.15) is 22.3 Å². The van der Waals surface area contributed by atoms with Crippen LogP contribution < -0.4 is 5.32 Å². The van der Waals surface area contributed by atoms with E-state index in [4.69, 9.17) is 0 Å². The number of halogens is 1. The zero-order valence-corrected chi connectivity index (χ0v) is 11.0. The van der Waals surface area contributed by atoms with Gasteiger partial charge >= 0.3 is 0 Å². The molecule has 2 rings (SSSR count). The van der Waals surface area contributed by atoms with Crippen molar-refractivity contribution < 1.29 is 4.39 Å². The molecule has 0 aliphatic heterocycles. The largest absolute Gasteiger partial charge is 0.381 e. The summed E-state index contributed by atoms with van der Waals surface area (Å²) in [5, 5.41) is 3.26. The number of aryl methyl sites for hydroxylation is 2. The van der Waals surface area contributed by atoms with Crippen LogP contribution in [-0.2, 0) is 6.54 Å². The first-order valence-corrected chi connectivity index (χ1v) is 6.13. The first kappa shape index (κ1) is 12.6. The fraction of sp³-hybridized carbons (Fsp3) is 0.250. The molecule has 0 aliphatic rings. The highest BCUT2D eigenvalue weighted by atomic mass is 19.1. The quantitative estimate of drug-likeness (QED) is 0.844. The zero-order chi connectivity index (χ0) is 13.1. The molecule has 0 amide bonds. The van der Waals surface area contributed by atoms with E-state index in [1.165, 1.54) is 16.7 Å². The van der Waals surface area contributed by atoms with Crippen molar-refractivity contribution in [2.45, 2.75) is 27.3 Å². The Balaban J connectivity index is 2.11. The van der Waals surface area contributed by atoms with Crippen LogP contribution in [0.3, 0.4) is 0 Å². The summed E-state index contributed by atoms with van der Waals surface area (Å²) in [6.07, 6.45) is 0. The molecule has 0 unspecified atom stereocenters. The second kappa shape index (κ2) is 5.21. The summed E-state index contributed by atoms with van der Waals surface area (Å²) in [7, 11) is 0. The van der Waals surface area contributed by atoms with Crippen LogP contribution >= 0.6 is 0 Å². The van der Waals surface area contributed by atoms with Gasteiger partial charge in [0.05, 0.1) is 0 Å². The lowest BCUT2D eigenvalue weighted by Crippen LogP contribution is -2.02. The van der Waals surface area contributed by atoms with Gasteiger partial charge in [0.1, 0.15) is 5.82 Å². The monoisotopic (exact) mass is 243 g/mol. The van der Waals surface area contributed by atoms with Crippen LogP contribution in [0.2, 0.25) is 0 Å². The second-order valence-electron chi connectivity index (χ2n) is 4.68. The Kier molecular flexibility index (Phi) is 3.66. The first-order chi connectivity index (χ1) is 8.58. The van der Waals surface area contributed by atoms with Crippen molar-refractivity contribution in [3.8, 4) is 0 Å². The van der Waals surface area contributed by atoms with E-state index >= 15 is 0 Å². The minimum absolute atomic E-state index is 0.166. The van der Waals surface area contributed by atoms with Crippen LogP contribution in [0.5, 0.6) is 0 Å². The maximum atomic E-state index is 13.4. The summed E-state index contributed by atoms with van der Waals surface area (Å²) in [5.74, 6) is -0.166. The normalized spacial score (nSPS) is 10.4. The molecule has 0 saturated heterocycles. The molecule has 2 aromatic rings. The summed E-state index contributed by atoms with van der Waals surface area (Å²) in [5.41, 5.74) is 5.31. The van der Waals surface area contributed by atoms with E-state index < -0.39 is 0 Å². The molecule has 2 heteroatoms. The lowest BCUT2D eigenvalue weighted by atomic mass is 10.0. The lowest BCUT2D eigenvalue weighted by molar-refractivity contribution is 0.619. The third-order valence-corrected chi connectivity index (χ3v) is 3.37. The molecule has 0 aliphatic carbocycles. The maximum Gasteiger partial charge on any atom is 0.128 e. The summed E-state index contributed by atoms with van der Waals surface area (Å²) in [6, 6.07) is 11.5. The summed E-state index contributed by atoms with van der Waals surface area (Å²) < 4.78 is 13.4. The third-order valence-electron chi connectivity index (χ3n) is 3.37. The molecular weight excluding hydrogens is 225 g/mol. The molecule has 0 radical (unpaired) electrons. The van der Waals surface area contributed by atoms with Crippen molar-refractivity contribution in [1.29, 1.82) is 0 Å². The molecule has 0 fully saturated rings. The van der Waals surface area contributed by atoms with Gasteiger partial charge < -0.3 is 5.32 Å². The van der Waals surface area contributed by atoms with Crippen LogP contribution in [0.25, 0.3) is 0 Å². The van der Waals surface area contributed by atoms with Gasteiger partial charge in [-0.3, -0.25) is 0 Å². The van der Waals surface area contributed by atoms with Gasteiger partial charge in [-0.1, -0.05) is 24.3 Å². The minimum atomic E-state index is -0.166. The average Bonchev–Trinajstić information content (AvgIpc) is 2.35. The summed E-state index contributed by atoms with van der Waals surface area (Å²) >= 11 is 0. The van der Waals surface area contributed by atoms with E-state index in [1.54, 1.807) is 19.1 Å². The standard InChI is InChI=1S/C16H18FN/c1-11-5-4-6-14(13(11)3)10-18-15-8-7-12(2)16(17)9-15/h4-9,18H,10H2,1-3H3.